The van der Waals surface area contributed by atoms with Gasteiger partial charge in [-0.3, -0.25) is 4.90 Å². The van der Waals surface area contributed by atoms with Crippen LogP contribution in [0.3, 0.4) is 0 Å². The molecule has 42 heavy (non-hydrogen) atoms. The molecule has 1 aromatic rings. The molecule has 0 aliphatic carbocycles. The van der Waals surface area contributed by atoms with Crippen LogP contribution in [-0.2, 0) is 27.5 Å². The van der Waals surface area contributed by atoms with E-state index in [2.05, 4.69) is 4.74 Å². The maximum Gasteiger partial charge on any atom is 0.425 e. The number of carbonyl (C=O) groups is 1. The average Bonchev–Trinajstić information content (AvgIpc) is 3.47. The van der Waals surface area contributed by atoms with E-state index in [9.17, 15) is 39.6 Å². The molecule has 0 N–H and O–H groups in total. The minimum atomic E-state index is -4.67. The predicted molar refractivity (Wildman–Crippen MR) is 142 cm³/mol. The van der Waals surface area contributed by atoms with Gasteiger partial charge in [-0.05, 0) is 74.8 Å². The van der Waals surface area contributed by atoms with Gasteiger partial charge in [-0.15, -0.1) is 0 Å². The Morgan fingerprint density at radius 2 is 1.60 bits per heavy atom. The fourth-order valence-electron chi connectivity index (χ4n) is 6.84. The van der Waals surface area contributed by atoms with Gasteiger partial charge in [0.2, 0.25) is 10.0 Å². The highest BCUT2D eigenvalue weighted by molar-refractivity contribution is 7.88. The summed E-state index contributed by atoms with van der Waals surface area (Å²) in [5.41, 5.74) is -0.507. The monoisotopic (exact) mass is 626 g/mol. The molecule has 0 bridgehead atoms. The standard InChI is InChI=1S/C27H36F6N4O4S/c1-19(26(28,29)30)41-23(38)35-17-25(18-35)4-3-8-36(25)15-20-12-21(27(31,32)33)14-22(13-20)34-9-5-24(6-10-34)7-11-37(16-24)42(2,39)40/h12-14,19H,3-11,15-18H2,1-2H3. The molecule has 1 aromatic carbocycles. The summed E-state index contributed by atoms with van der Waals surface area (Å²) < 4.78 is 110. The molecular formula is C27H36F6N4O4S. The topological polar surface area (TPSA) is 73.4 Å². The van der Waals surface area contributed by atoms with E-state index in [0.717, 1.165) is 31.9 Å². The Labute approximate surface area is 241 Å². The van der Waals surface area contributed by atoms with E-state index in [0.29, 0.717) is 63.2 Å². The van der Waals surface area contributed by atoms with Crippen LogP contribution in [0.15, 0.2) is 18.2 Å². The van der Waals surface area contributed by atoms with E-state index in [1.165, 1.54) is 15.5 Å². The fraction of sp³-hybridized carbons (Fsp3) is 0.741. The molecule has 1 atom stereocenters. The van der Waals surface area contributed by atoms with Crippen LogP contribution in [-0.4, -0.2) is 98.5 Å². The minimum Gasteiger partial charge on any atom is -0.437 e. The van der Waals surface area contributed by atoms with Gasteiger partial charge in [0.1, 0.15) is 0 Å². The van der Waals surface area contributed by atoms with E-state index in [1.807, 2.05) is 9.80 Å². The van der Waals surface area contributed by atoms with Gasteiger partial charge in [0.25, 0.3) is 0 Å². The van der Waals surface area contributed by atoms with Crippen LogP contribution in [0.5, 0.6) is 0 Å². The third-order valence-corrected chi connectivity index (χ3v) is 10.7. The Balaban J connectivity index is 1.27. The molecule has 4 aliphatic rings. The predicted octanol–water partition coefficient (Wildman–Crippen LogP) is 4.69. The summed E-state index contributed by atoms with van der Waals surface area (Å²) in [5, 5.41) is 0. The van der Waals surface area contributed by atoms with Crippen molar-refractivity contribution in [2.75, 3.05) is 57.0 Å². The van der Waals surface area contributed by atoms with Crippen molar-refractivity contribution in [1.29, 1.82) is 0 Å². The highest BCUT2D eigenvalue weighted by Gasteiger charge is 2.53. The number of hydrogen-bond acceptors (Lipinski definition) is 6. The number of hydrogen-bond donors (Lipinski definition) is 0. The Hall–Kier alpha value is -2.26. The Morgan fingerprint density at radius 1 is 0.952 bits per heavy atom. The molecule has 0 radical (unpaired) electrons. The van der Waals surface area contributed by atoms with Crippen molar-refractivity contribution in [2.45, 2.75) is 69.6 Å². The Kier molecular flexibility index (Phi) is 7.96. The first-order valence-corrected chi connectivity index (χ1v) is 15.9. The molecule has 2 spiro atoms. The third-order valence-electron chi connectivity index (χ3n) is 9.45. The van der Waals surface area contributed by atoms with Crippen molar-refractivity contribution in [3.05, 3.63) is 29.3 Å². The molecular weight excluding hydrogens is 590 g/mol. The summed E-state index contributed by atoms with van der Waals surface area (Å²) in [6.07, 6.45) is -7.79. The SMILES string of the molecule is CC(OC(=O)N1CC2(CCCN2Cc2cc(N3CCC4(CC3)CCN(S(C)(=O)=O)C4)cc(C(F)(F)F)c2)C1)C(F)(F)F. The van der Waals surface area contributed by atoms with Gasteiger partial charge in [-0.1, -0.05) is 0 Å². The molecule has 15 heteroatoms. The van der Waals surface area contributed by atoms with Crippen LogP contribution in [0.2, 0.25) is 0 Å². The number of alkyl halides is 6. The summed E-state index contributed by atoms with van der Waals surface area (Å²) in [5.74, 6) is 0. The zero-order valence-corrected chi connectivity index (χ0v) is 24.4. The highest BCUT2D eigenvalue weighted by Crippen LogP contribution is 2.44. The van der Waals surface area contributed by atoms with Crippen molar-refractivity contribution < 1.29 is 44.3 Å². The molecule has 0 aromatic heterocycles. The maximum absolute atomic E-state index is 13.9. The van der Waals surface area contributed by atoms with Crippen LogP contribution >= 0.6 is 0 Å². The molecule has 4 saturated heterocycles. The van der Waals surface area contributed by atoms with Crippen LogP contribution in [0.4, 0.5) is 36.8 Å². The van der Waals surface area contributed by atoms with Gasteiger partial charge in [-0.25, -0.2) is 17.5 Å². The summed E-state index contributed by atoms with van der Waals surface area (Å²) in [7, 11) is -3.29. The second kappa shape index (κ2) is 10.7. The second-order valence-corrected chi connectivity index (χ2v) is 14.4. The lowest BCUT2D eigenvalue weighted by atomic mass is 9.77. The normalized spacial score (nSPS) is 23.9. The van der Waals surface area contributed by atoms with Gasteiger partial charge in [-0.2, -0.15) is 26.3 Å². The number of amides is 1. The molecule has 5 rings (SSSR count). The number of benzene rings is 1. The van der Waals surface area contributed by atoms with Gasteiger partial charge >= 0.3 is 18.4 Å². The summed E-state index contributed by atoms with van der Waals surface area (Å²) >= 11 is 0. The number of piperidine rings is 1. The smallest absolute Gasteiger partial charge is 0.425 e. The molecule has 8 nitrogen and oxygen atoms in total. The lowest BCUT2D eigenvalue weighted by molar-refractivity contribution is -0.202. The summed E-state index contributed by atoms with van der Waals surface area (Å²) in [6.45, 7) is 3.79. The van der Waals surface area contributed by atoms with Crippen molar-refractivity contribution in [2.24, 2.45) is 5.41 Å². The second-order valence-electron chi connectivity index (χ2n) is 12.4. The lowest BCUT2D eigenvalue weighted by Crippen LogP contribution is -2.69. The van der Waals surface area contributed by atoms with Crippen LogP contribution < -0.4 is 4.90 Å². The Bertz CT molecular complexity index is 1290. The zero-order valence-electron chi connectivity index (χ0n) is 23.6. The molecule has 236 valence electrons. The van der Waals surface area contributed by atoms with E-state index >= 15 is 0 Å². The molecule has 4 heterocycles. The van der Waals surface area contributed by atoms with Crippen LogP contribution in [0.1, 0.15) is 50.2 Å². The van der Waals surface area contributed by atoms with Crippen molar-refractivity contribution in [1.82, 2.24) is 14.1 Å². The Morgan fingerprint density at radius 3 is 2.17 bits per heavy atom. The van der Waals surface area contributed by atoms with Crippen molar-refractivity contribution in [3.63, 3.8) is 0 Å². The number of carbonyl (C=O) groups excluding carboxylic acids is 1. The van der Waals surface area contributed by atoms with Gasteiger partial charge in [0.15, 0.2) is 6.10 Å². The third kappa shape index (κ3) is 6.33. The first kappa shape index (κ1) is 31.2. The van der Waals surface area contributed by atoms with Crippen molar-refractivity contribution in [3.8, 4) is 0 Å². The number of nitrogens with zero attached hydrogens (tertiary/aromatic N) is 4. The van der Waals surface area contributed by atoms with Gasteiger partial charge in [0, 0.05) is 51.5 Å². The highest BCUT2D eigenvalue weighted by atomic mass is 32.2. The lowest BCUT2D eigenvalue weighted by Gasteiger charge is -2.52. The van der Waals surface area contributed by atoms with Crippen molar-refractivity contribution >= 4 is 21.8 Å². The van der Waals surface area contributed by atoms with Gasteiger partial charge in [0.05, 0.1) is 17.4 Å². The molecule has 1 unspecified atom stereocenters. The minimum absolute atomic E-state index is 0.154. The summed E-state index contributed by atoms with van der Waals surface area (Å²) in [6, 6.07) is 4.05. The quantitative estimate of drug-likeness (QED) is 0.442. The number of ether oxygens (including phenoxy) is 1. The number of rotatable bonds is 5. The average molecular weight is 627 g/mol. The van der Waals surface area contributed by atoms with E-state index in [1.54, 1.807) is 6.07 Å². The van der Waals surface area contributed by atoms with E-state index in [-0.39, 0.29) is 25.0 Å². The number of sulfonamides is 1. The number of likely N-dealkylation sites (tertiary alicyclic amines) is 2. The first-order chi connectivity index (χ1) is 19.4. The van der Waals surface area contributed by atoms with Crippen LogP contribution in [0.25, 0.3) is 0 Å². The molecule has 0 saturated carbocycles. The molecule has 4 aliphatic heterocycles. The molecule has 1 amide bonds. The van der Waals surface area contributed by atoms with E-state index in [4.69, 9.17) is 0 Å². The van der Waals surface area contributed by atoms with E-state index < -0.39 is 45.7 Å². The first-order valence-electron chi connectivity index (χ1n) is 14.1. The number of anilines is 1. The maximum atomic E-state index is 13.9. The molecule has 4 fully saturated rings. The zero-order chi connectivity index (χ0) is 30.7. The van der Waals surface area contributed by atoms with Gasteiger partial charge < -0.3 is 14.5 Å². The fourth-order valence-corrected chi connectivity index (χ4v) is 7.77. The largest absolute Gasteiger partial charge is 0.437 e. The van der Waals surface area contributed by atoms with Crippen LogP contribution in [0, 0.1) is 5.41 Å². The number of halogens is 6. The summed E-state index contributed by atoms with van der Waals surface area (Å²) in [4.78, 5) is 17.4.